The molecule has 0 heterocycles. The summed E-state index contributed by atoms with van der Waals surface area (Å²) in [7, 11) is 3.30. The summed E-state index contributed by atoms with van der Waals surface area (Å²) in [5, 5.41) is 0.787. The molecule has 118 valence electrons. The van der Waals surface area contributed by atoms with Crippen LogP contribution in [0.5, 0.6) is 11.5 Å². The molecule has 0 aromatic heterocycles. The summed E-state index contributed by atoms with van der Waals surface area (Å²) in [6, 6.07) is 6.12. The topological polar surface area (TPSA) is 56.5 Å². The Morgan fingerprint density at radius 1 is 1.19 bits per heavy atom. The quantitative estimate of drug-likeness (QED) is 0.598. The lowest BCUT2D eigenvalue weighted by atomic mass is 10.0. The predicted molar refractivity (Wildman–Crippen MR) is 88.9 cm³/mol. The maximum Gasteiger partial charge on any atom is 0.161 e. The first-order valence-corrected chi connectivity index (χ1v) is 8.63. The lowest BCUT2D eigenvalue weighted by Gasteiger charge is -2.24. The Labute approximate surface area is 131 Å². The Hall–Kier alpha value is -0.910. The monoisotopic (exact) mass is 310 g/mol. The van der Waals surface area contributed by atoms with Crippen molar-refractivity contribution in [1.82, 2.24) is 5.43 Å². The van der Waals surface area contributed by atoms with E-state index in [2.05, 4.69) is 5.43 Å². The molecule has 0 saturated heterocycles. The standard InChI is InChI=1S/C16H26N2O2S/c1-19-15-9-8-12(10-16(15)20-2)14(18-17)11-21-13-6-4-3-5-7-13/h8-10,13-14,18H,3-7,11,17H2,1-2H3. The summed E-state index contributed by atoms with van der Waals surface area (Å²) in [5.41, 5.74) is 4.07. The van der Waals surface area contributed by atoms with Crippen LogP contribution in [0, 0.1) is 0 Å². The van der Waals surface area contributed by atoms with E-state index in [4.69, 9.17) is 15.3 Å². The van der Waals surface area contributed by atoms with Gasteiger partial charge in [-0.1, -0.05) is 25.3 Å². The molecule has 0 bridgehead atoms. The molecule has 0 amide bonds. The van der Waals surface area contributed by atoms with Gasteiger partial charge in [-0.3, -0.25) is 11.3 Å². The molecule has 1 aromatic carbocycles. The number of hydrogen-bond donors (Lipinski definition) is 2. The van der Waals surface area contributed by atoms with E-state index in [9.17, 15) is 0 Å². The van der Waals surface area contributed by atoms with Crippen molar-refractivity contribution in [2.75, 3.05) is 20.0 Å². The third kappa shape index (κ3) is 4.53. The number of nitrogens with one attached hydrogen (secondary N) is 1. The van der Waals surface area contributed by atoms with E-state index in [-0.39, 0.29) is 6.04 Å². The molecule has 1 aliphatic rings. The van der Waals surface area contributed by atoms with Gasteiger partial charge >= 0.3 is 0 Å². The summed E-state index contributed by atoms with van der Waals surface area (Å²) in [6.07, 6.45) is 6.82. The summed E-state index contributed by atoms with van der Waals surface area (Å²) in [5.74, 6) is 8.23. The Kier molecular flexibility index (Phi) is 6.67. The average Bonchev–Trinajstić information content (AvgIpc) is 2.56. The highest BCUT2D eigenvalue weighted by molar-refractivity contribution is 7.99. The molecule has 0 spiro atoms. The van der Waals surface area contributed by atoms with Crippen LogP contribution in [0.1, 0.15) is 43.7 Å². The van der Waals surface area contributed by atoms with Gasteiger partial charge in [-0.2, -0.15) is 11.8 Å². The zero-order valence-corrected chi connectivity index (χ0v) is 13.7. The Morgan fingerprint density at radius 2 is 1.90 bits per heavy atom. The zero-order chi connectivity index (χ0) is 15.1. The van der Waals surface area contributed by atoms with E-state index in [1.165, 1.54) is 32.1 Å². The number of ether oxygens (including phenoxy) is 2. The molecule has 1 aliphatic carbocycles. The van der Waals surface area contributed by atoms with Gasteiger partial charge in [0.25, 0.3) is 0 Å². The van der Waals surface area contributed by atoms with Crippen LogP contribution in [0.4, 0.5) is 0 Å². The van der Waals surface area contributed by atoms with E-state index in [0.29, 0.717) is 0 Å². The van der Waals surface area contributed by atoms with Crippen LogP contribution < -0.4 is 20.7 Å². The van der Waals surface area contributed by atoms with Crippen molar-refractivity contribution in [2.45, 2.75) is 43.4 Å². The first-order chi connectivity index (χ1) is 10.3. The number of rotatable bonds is 7. The van der Waals surface area contributed by atoms with E-state index < -0.39 is 0 Å². The van der Waals surface area contributed by atoms with Gasteiger partial charge in [-0.25, -0.2) is 0 Å². The van der Waals surface area contributed by atoms with Crippen molar-refractivity contribution in [3.63, 3.8) is 0 Å². The Bertz CT molecular complexity index is 436. The van der Waals surface area contributed by atoms with Gasteiger partial charge < -0.3 is 9.47 Å². The number of thioether (sulfide) groups is 1. The largest absolute Gasteiger partial charge is 0.493 e. The van der Waals surface area contributed by atoms with Crippen LogP contribution >= 0.6 is 11.8 Å². The molecule has 0 radical (unpaired) electrons. The highest BCUT2D eigenvalue weighted by Crippen LogP contribution is 2.33. The van der Waals surface area contributed by atoms with Gasteiger partial charge in [0.15, 0.2) is 11.5 Å². The smallest absolute Gasteiger partial charge is 0.161 e. The van der Waals surface area contributed by atoms with E-state index in [0.717, 1.165) is 28.1 Å². The molecule has 1 atom stereocenters. The first-order valence-electron chi connectivity index (χ1n) is 7.58. The van der Waals surface area contributed by atoms with Crippen molar-refractivity contribution in [2.24, 2.45) is 5.84 Å². The molecule has 21 heavy (non-hydrogen) atoms. The minimum absolute atomic E-state index is 0.136. The number of nitrogens with two attached hydrogens (primary N) is 1. The fraction of sp³-hybridized carbons (Fsp3) is 0.625. The van der Waals surface area contributed by atoms with Crippen molar-refractivity contribution < 1.29 is 9.47 Å². The van der Waals surface area contributed by atoms with E-state index >= 15 is 0 Å². The van der Waals surface area contributed by atoms with Crippen molar-refractivity contribution >= 4 is 11.8 Å². The molecular weight excluding hydrogens is 284 g/mol. The molecule has 4 nitrogen and oxygen atoms in total. The van der Waals surface area contributed by atoms with Crippen LogP contribution in [-0.2, 0) is 0 Å². The highest BCUT2D eigenvalue weighted by Gasteiger charge is 2.18. The van der Waals surface area contributed by atoms with Gasteiger partial charge in [0.05, 0.1) is 20.3 Å². The molecular formula is C16H26N2O2S. The van der Waals surface area contributed by atoms with Crippen LogP contribution in [0.15, 0.2) is 18.2 Å². The fourth-order valence-corrected chi connectivity index (χ4v) is 4.19. The lowest BCUT2D eigenvalue weighted by Crippen LogP contribution is -2.30. The summed E-state index contributed by atoms with van der Waals surface area (Å²) in [6.45, 7) is 0. The third-order valence-electron chi connectivity index (χ3n) is 4.06. The number of hydrazine groups is 1. The third-order valence-corrected chi connectivity index (χ3v) is 5.53. The maximum atomic E-state index is 5.75. The molecule has 0 aliphatic heterocycles. The molecule has 1 unspecified atom stereocenters. The lowest BCUT2D eigenvalue weighted by molar-refractivity contribution is 0.354. The van der Waals surface area contributed by atoms with Gasteiger partial charge in [-0.05, 0) is 30.5 Å². The molecule has 2 rings (SSSR count). The number of methoxy groups -OCH3 is 2. The minimum Gasteiger partial charge on any atom is -0.493 e. The summed E-state index contributed by atoms with van der Waals surface area (Å²) >= 11 is 2.03. The fourth-order valence-electron chi connectivity index (χ4n) is 2.77. The molecule has 1 fully saturated rings. The van der Waals surface area contributed by atoms with Crippen LogP contribution in [0.2, 0.25) is 0 Å². The van der Waals surface area contributed by atoms with Crippen molar-refractivity contribution in [1.29, 1.82) is 0 Å². The van der Waals surface area contributed by atoms with Crippen molar-refractivity contribution in [3.8, 4) is 11.5 Å². The summed E-state index contributed by atoms with van der Waals surface area (Å²) < 4.78 is 10.6. The van der Waals surface area contributed by atoms with Crippen LogP contribution in [0.25, 0.3) is 0 Å². The second-order valence-electron chi connectivity index (χ2n) is 5.43. The zero-order valence-electron chi connectivity index (χ0n) is 12.9. The highest BCUT2D eigenvalue weighted by atomic mass is 32.2. The molecule has 5 heteroatoms. The Balaban J connectivity index is 1.99. The second kappa shape index (κ2) is 8.51. The second-order valence-corrected chi connectivity index (χ2v) is 6.76. The predicted octanol–water partition coefficient (Wildman–Crippen LogP) is 3.27. The van der Waals surface area contributed by atoms with E-state index in [1.807, 2.05) is 30.0 Å². The molecule has 1 aromatic rings. The first kappa shape index (κ1) is 16.5. The number of hydrogen-bond acceptors (Lipinski definition) is 5. The summed E-state index contributed by atoms with van der Waals surface area (Å²) in [4.78, 5) is 0. The number of benzene rings is 1. The van der Waals surface area contributed by atoms with Gasteiger partial charge in [-0.15, -0.1) is 0 Å². The normalized spacial score (nSPS) is 17.5. The van der Waals surface area contributed by atoms with Gasteiger partial charge in [0, 0.05) is 11.0 Å². The van der Waals surface area contributed by atoms with Crippen molar-refractivity contribution in [3.05, 3.63) is 23.8 Å². The van der Waals surface area contributed by atoms with Gasteiger partial charge in [0.1, 0.15) is 0 Å². The SMILES string of the molecule is COc1ccc(C(CSC2CCCCC2)NN)cc1OC. The maximum absolute atomic E-state index is 5.75. The minimum atomic E-state index is 0.136. The van der Waals surface area contributed by atoms with Crippen LogP contribution in [-0.4, -0.2) is 25.2 Å². The van der Waals surface area contributed by atoms with E-state index in [1.54, 1.807) is 14.2 Å². The molecule has 1 saturated carbocycles. The Morgan fingerprint density at radius 3 is 2.52 bits per heavy atom. The average molecular weight is 310 g/mol. The van der Waals surface area contributed by atoms with Crippen LogP contribution in [0.3, 0.4) is 0 Å². The van der Waals surface area contributed by atoms with Gasteiger partial charge in [0.2, 0.25) is 0 Å². The molecule has 3 N–H and O–H groups in total.